The van der Waals surface area contributed by atoms with Crippen LogP contribution in [0.5, 0.6) is 5.75 Å². The second kappa shape index (κ2) is 9.13. The van der Waals surface area contributed by atoms with Crippen LogP contribution in [-0.2, 0) is 14.3 Å². The molecule has 1 atom stereocenters. The topological polar surface area (TPSA) is 76.1 Å². The van der Waals surface area contributed by atoms with Crippen molar-refractivity contribution in [2.45, 2.75) is 32.9 Å². The van der Waals surface area contributed by atoms with Gasteiger partial charge in [-0.15, -0.1) is 0 Å². The van der Waals surface area contributed by atoms with Gasteiger partial charge in [-0.2, -0.15) is 0 Å². The van der Waals surface area contributed by atoms with E-state index in [1.165, 1.54) is 12.0 Å². The molecule has 2 aromatic rings. The van der Waals surface area contributed by atoms with Crippen LogP contribution in [0.2, 0.25) is 0 Å². The van der Waals surface area contributed by atoms with E-state index in [0.29, 0.717) is 17.9 Å². The van der Waals surface area contributed by atoms with Gasteiger partial charge in [0.15, 0.2) is 0 Å². The number of nitrogens with zero attached hydrogens (tertiary/aromatic N) is 1. The highest BCUT2D eigenvalue weighted by atomic mass is 16.5. The molecule has 6 nitrogen and oxygen atoms in total. The van der Waals surface area contributed by atoms with Gasteiger partial charge in [0, 0.05) is 6.54 Å². The van der Waals surface area contributed by atoms with Gasteiger partial charge in [0.1, 0.15) is 11.5 Å². The quantitative estimate of drug-likeness (QED) is 0.427. The summed E-state index contributed by atoms with van der Waals surface area (Å²) in [6, 6.07) is 13.8. The summed E-state index contributed by atoms with van der Waals surface area (Å²) < 4.78 is 11.0. The average molecular weight is 409 g/mol. The average Bonchev–Trinajstić information content (AvgIpc) is 2.98. The molecule has 1 N–H and O–H groups in total. The number of para-hydroxylation sites is 1. The molecule has 0 radical (unpaired) electrons. The fraction of sp³-hybridized carbons (Fsp3) is 0.333. The number of aliphatic hydroxyl groups excluding tert-OH is 1. The Morgan fingerprint density at radius 2 is 1.87 bits per heavy atom. The summed E-state index contributed by atoms with van der Waals surface area (Å²) in [5.41, 5.74) is 2.18. The number of carbonyl (C=O) groups is 2. The van der Waals surface area contributed by atoms with Crippen LogP contribution >= 0.6 is 0 Å². The Morgan fingerprint density at radius 1 is 1.13 bits per heavy atom. The lowest BCUT2D eigenvalue weighted by Crippen LogP contribution is -2.33. The lowest BCUT2D eigenvalue weighted by Gasteiger charge is -2.26. The third kappa shape index (κ3) is 4.24. The fourth-order valence-electron chi connectivity index (χ4n) is 3.67. The molecule has 0 aromatic heterocycles. The van der Waals surface area contributed by atoms with Crippen LogP contribution in [0.1, 0.15) is 36.6 Å². The number of aryl methyl sites for hydroxylation is 1. The van der Waals surface area contributed by atoms with Crippen LogP contribution in [0.4, 0.5) is 0 Å². The number of rotatable bonds is 7. The van der Waals surface area contributed by atoms with Crippen molar-refractivity contribution >= 4 is 17.4 Å². The van der Waals surface area contributed by atoms with Gasteiger partial charge in [-0.1, -0.05) is 42.0 Å². The Balaban J connectivity index is 2.14. The zero-order valence-electron chi connectivity index (χ0n) is 17.7. The number of ether oxygens (including phenoxy) is 2. The highest BCUT2D eigenvalue weighted by molar-refractivity contribution is 6.46. The van der Waals surface area contributed by atoms with Crippen molar-refractivity contribution in [2.75, 3.05) is 20.3 Å². The first kappa shape index (κ1) is 21.6. The van der Waals surface area contributed by atoms with Crippen LogP contribution < -0.4 is 4.74 Å². The maximum atomic E-state index is 13.0. The minimum Gasteiger partial charge on any atom is -0.507 e. The number of carbonyl (C=O) groups excluding carboxylic acids is 2. The molecule has 30 heavy (non-hydrogen) atoms. The summed E-state index contributed by atoms with van der Waals surface area (Å²) in [6.07, 6.45) is 0.00724. The van der Waals surface area contributed by atoms with Crippen molar-refractivity contribution in [3.05, 3.63) is 70.8 Å². The summed E-state index contributed by atoms with van der Waals surface area (Å²) in [4.78, 5) is 27.4. The minimum absolute atomic E-state index is 0.00724. The maximum Gasteiger partial charge on any atom is 0.295 e. The number of ketones is 1. The van der Waals surface area contributed by atoms with E-state index in [2.05, 4.69) is 0 Å². The second-order valence-corrected chi connectivity index (χ2v) is 7.53. The van der Waals surface area contributed by atoms with E-state index in [1.54, 1.807) is 24.3 Å². The summed E-state index contributed by atoms with van der Waals surface area (Å²) in [5.74, 6) is -1.18. The van der Waals surface area contributed by atoms with Gasteiger partial charge in [0.05, 0.1) is 37.0 Å². The monoisotopic (exact) mass is 409 g/mol. The molecular weight excluding hydrogens is 382 g/mol. The summed E-state index contributed by atoms with van der Waals surface area (Å²) >= 11 is 0. The van der Waals surface area contributed by atoms with Crippen molar-refractivity contribution in [1.82, 2.24) is 4.90 Å². The molecule has 1 heterocycles. The Bertz CT molecular complexity index is 979. The van der Waals surface area contributed by atoms with E-state index in [0.717, 1.165) is 11.1 Å². The van der Waals surface area contributed by atoms with E-state index < -0.39 is 17.7 Å². The third-order valence-electron chi connectivity index (χ3n) is 5.04. The molecule has 1 fully saturated rings. The van der Waals surface area contributed by atoms with Crippen LogP contribution in [0.15, 0.2) is 54.1 Å². The lowest BCUT2D eigenvalue weighted by molar-refractivity contribution is -0.140. The van der Waals surface area contributed by atoms with Gasteiger partial charge in [0.25, 0.3) is 11.7 Å². The summed E-state index contributed by atoms with van der Waals surface area (Å²) in [5, 5.41) is 11.1. The Kier molecular flexibility index (Phi) is 6.57. The van der Waals surface area contributed by atoms with Crippen molar-refractivity contribution in [1.29, 1.82) is 0 Å². The van der Waals surface area contributed by atoms with Crippen LogP contribution in [0.3, 0.4) is 0 Å². The molecule has 1 aliphatic heterocycles. The second-order valence-electron chi connectivity index (χ2n) is 7.53. The highest BCUT2D eigenvalue weighted by Crippen LogP contribution is 2.40. The molecular formula is C24H27NO5. The summed E-state index contributed by atoms with van der Waals surface area (Å²) in [6.45, 7) is 6.30. The minimum atomic E-state index is -0.713. The number of likely N-dealkylation sites (tertiary alicyclic amines) is 1. The molecule has 6 heteroatoms. The number of hydrogen-bond donors (Lipinski definition) is 1. The first-order valence-corrected chi connectivity index (χ1v) is 9.95. The Morgan fingerprint density at radius 3 is 2.53 bits per heavy atom. The summed E-state index contributed by atoms with van der Waals surface area (Å²) in [7, 11) is 1.49. The predicted molar refractivity (Wildman–Crippen MR) is 114 cm³/mol. The van der Waals surface area contributed by atoms with Crippen LogP contribution in [0, 0.1) is 6.92 Å². The third-order valence-corrected chi connectivity index (χ3v) is 5.04. The number of Topliss-reactive ketones (excluding diaryl/α,β-unsaturated/α-hetero) is 1. The lowest BCUT2D eigenvalue weighted by atomic mass is 9.94. The van der Waals surface area contributed by atoms with Gasteiger partial charge in [0.2, 0.25) is 0 Å². The van der Waals surface area contributed by atoms with E-state index in [1.807, 2.05) is 45.0 Å². The Labute approximate surface area is 176 Å². The molecule has 158 valence electrons. The van der Waals surface area contributed by atoms with E-state index in [4.69, 9.17) is 9.47 Å². The molecule has 0 aliphatic carbocycles. The smallest absolute Gasteiger partial charge is 0.295 e. The number of aliphatic hydroxyl groups is 1. The number of methoxy groups -OCH3 is 1. The molecule has 2 aromatic carbocycles. The highest BCUT2D eigenvalue weighted by Gasteiger charge is 2.46. The number of hydrogen-bond acceptors (Lipinski definition) is 5. The van der Waals surface area contributed by atoms with Crippen LogP contribution in [-0.4, -0.2) is 48.1 Å². The van der Waals surface area contributed by atoms with E-state index >= 15 is 0 Å². The molecule has 1 amide bonds. The van der Waals surface area contributed by atoms with E-state index in [-0.39, 0.29) is 24.0 Å². The SMILES string of the molecule is COc1ccccc1/C(O)=C1/C(=O)C(=O)N(CCOC(C)C)C1c1cccc(C)c1. The van der Waals surface area contributed by atoms with Gasteiger partial charge in [-0.05, 0) is 38.5 Å². The molecule has 1 aliphatic rings. The molecule has 0 spiro atoms. The van der Waals surface area contributed by atoms with Crippen LogP contribution in [0.25, 0.3) is 5.76 Å². The van der Waals surface area contributed by atoms with Gasteiger partial charge in [-0.25, -0.2) is 0 Å². The fourth-order valence-corrected chi connectivity index (χ4v) is 3.67. The molecule has 0 saturated carbocycles. The molecule has 1 saturated heterocycles. The maximum absolute atomic E-state index is 13.0. The normalized spacial score (nSPS) is 18.3. The predicted octanol–water partition coefficient (Wildman–Crippen LogP) is 3.85. The largest absolute Gasteiger partial charge is 0.507 e. The number of benzene rings is 2. The Hall–Kier alpha value is -3.12. The van der Waals surface area contributed by atoms with Gasteiger partial charge in [-0.3, -0.25) is 9.59 Å². The van der Waals surface area contributed by atoms with Crippen molar-refractivity contribution in [3.8, 4) is 5.75 Å². The zero-order chi connectivity index (χ0) is 21.8. The first-order valence-electron chi connectivity index (χ1n) is 9.95. The molecule has 1 unspecified atom stereocenters. The molecule has 3 rings (SSSR count). The van der Waals surface area contributed by atoms with Crippen molar-refractivity contribution in [3.63, 3.8) is 0 Å². The number of amides is 1. The van der Waals surface area contributed by atoms with Crippen molar-refractivity contribution < 1.29 is 24.2 Å². The first-order chi connectivity index (χ1) is 14.3. The van der Waals surface area contributed by atoms with E-state index in [9.17, 15) is 14.7 Å². The van der Waals surface area contributed by atoms with Gasteiger partial charge < -0.3 is 19.5 Å². The molecule has 0 bridgehead atoms. The van der Waals surface area contributed by atoms with Crippen molar-refractivity contribution in [2.24, 2.45) is 0 Å². The van der Waals surface area contributed by atoms with Gasteiger partial charge >= 0.3 is 0 Å². The zero-order valence-corrected chi connectivity index (χ0v) is 17.7. The standard InChI is InChI=1S/C24H27NO5/c1-15(2)30-13-12-25-21(17-9-7-8-16(3)14-17)20(23(27)24(25)28)22(26)18-10-5-6-11-19(18)29-4/h5-11,14-15,21,26H,12-13H2,1-4H3/b22-20-.